The number of amides is 1. The zero-order valence-electron chi connectivity index (χ0n) is 15.4. The molecule has 27 heavy (non-hydrogen) atoms. The molecule has 0 aliphatic carbocycles. The highest BCUT2D eigenvalue weighted by Crippen LogP contribution is 2.27. The van der Waals surface area contributed by atoms with Crippen LogP contribution in [0, 0.1) is 0 Å². The molecule has 0 aliphatic heterocycles. The maximum absolute atomic E-state index is 12.8. The lowest BCUT2D eigenvalue weighted by Crippen LogP contribution is -2.49. The number of hydrogen-bond donors (Lipinski definition) is 2. The van der Waals surface area contributed by atoms with E-state index in [4.69, 9.17) is 16.3 Å². The average Bonchev–Trinajstić information content (AvgIpc) is 2.61. The van der Waals surface area contributed by atoms with Crippen LogP contribution in [0.25, 0.3) is 0 Å². The molecule has 2 N–H and O–H groups in total. The lowest BCUT2D eigenvalue weighted by molar-refractivity contribution is -0.123. The molecule has 0 aromatic heterocycles. The molecule has 0 fully saturated rings. The number of halogens is 1. The van der Waals surface area contributed by atoms with Crippen LogP contribution in [0.2, 0.25) is 5.02 Å². The lowest BCUT2D eigenvalue weighted by Gasteiger charge is -2.20. The molecule has 0 saturated heterocycles. The smallest absolute Gasteiger partial charge is 0.241 e. The minimum absolute atomic E-state index is 0.0382. The number of benzene rings is 2. The molecule has 0 heterocycles. The zero-order valence-corrected chi connectivity index (χ0v) is 17.0. The molecule has 1 atom stereocenters. The number of sulfonamides is 1. The third-order valence-corrected chi connectivity index (χ3v) is 5.53. The summed E-state index contributed by atoms with van der Waals surface area (Å²) in [6.07, 6.45) is 0.225. The summed E-state index contributed by atoms with van der Waals surface area (Å²) in [5.74, 6) is -0.0222. The number of nitrogens with one attached hydrogen (secondary N) is 2. The second-order valence-corrected chi connectivity index (χ2v) is 8.44. The molecule has 0 aliphatic rings. The van der Waals surface area contributed by atoms with E-state index in [1.807, 2.05) is 44.2 Å². The topological polar surface area (TPSA) is 84.5 Å². The van der Waals surface area contributed by atoms with Gasteiger partial charge in [0.25, 0.3) is 0 Å². The van der Waals surface area contributed by atoms with E-state index in [2.05, 4.69) is 10.0 Å². The second kappa shape index (κ2) is 9.21. The van der Waals surface area contributed by atoms with Gasteiger partial charge in [-0.05, 0) is 44.0 Å². The van der Waals surface area contributed by atoms with Crippen LogP contribution >= 0.6 is 11.6 Å². The van der Waals surface area contributed by atoms with Crippen LogP contribution < -0.4 is 14.8 Å². The van der Waals surface area contributed by atoms with Gasteiger partial charge in [0.2, 0.25) is 15.9 Å². The molecular formula is C19H23ClN2O4S. The van der Waals surface area contributed by atoms with Crippen LogP contribution in [-0.4, -0.2) is 33.5 Å². The van der Waals surface area contributed by atoms with E-state index < -0.39 is 22.0 Å². The summed E-state index contributed by atoms with van der Waals surface area (Å²) in [5.41, 5.74) is 0.844. The minimum Gasteiger partial charge on any atom is -0.495 e. The summed E-state index contributed by atoms with van der Waals surface area (Å²) in [7, 11) is -2.51. The molecule has 0 radical (unpaired) electrons. The van der Waals surface area contributed by atoms with Gasteiger partial charge in [-0.1, -0.05) is 41.9 Å². The molecule has 0 saturated carbocycles. The van der Waals surface area contributed by atoms with Crippen LogP contribution in [-0.2, 0) is 21.2 Å². The monoisotopic (exact) mass is 410 g/mol. The average molecular weight is 411 g/mol. The summed E-state index contributed by atoms with van der Waals surface area (Å²) in [5, 5.41) is 2.93. The van der Waals surface area contributed by atoms with Crippen LogP contribution in [0.15, 0.2) is 53.4 Å². The van der Waals surface area contributed by atoms with Crippen molar-refractivity contribution < 1.29 is 17.9 Å². The van der Waals surface area contributed by atoms with Crippen LogP contribution in [0.4, 0.5) is 0 Å². The molecule has 1 amide bonds. The fraction of sp³-hybridized carbons (Fsp3) is 0.316. The summed E-state index contributed by atoms with van der Waals surface area (Å²) >= 11 is 6.04. The lowest BCUT2D eigenvalue weighted by atomic mass is 10.1. The third kappa shape index (κ3) is 5.95. The number of rotatable bonds is 8. The number of ether oxygens (including phenoxy) is 1. The molecule has 2 aromatic rings. The summed E-state index contributed by atoms with van der Waals surface area (Å²) in [4.78, 5) is 12.5. The van der Waals surface area contributed by atoms with Gasteiger partial charge in [-0.2, -0.15) is 4.72 Å². The van der Waals surface area contributed by atoms with E-state index >= 15 is 0 Å². The van der Waals surface area contributed by atoms with Gasteiger partial charge in [0, 0.05) is 6.04 Å². The van der Waals surface area contributed by atoms with Gasteiger partial charge in [0.05, 0.1) is 17.0 Å². The van der Waals surface area contributed by atoms with Crippen molar-refractivity contribution in [2.75, 3.05) is 7.11 Å². The largest absolute Gasteiger partial charge is 0.495 e. The third-order valence-electron chi connectivity index (χ3n) is 3.76. The number of carbonyl (C=O) groups is 1. The highest BCUT2D eigenvalue weighted by atomic mass is 35.5. The molecule has 2 aromatic carbocycles. The van der Waals surface area contributed by atoms with E-state index in [0.29, 0.717) is 5.75 Å². The van der Waals surface area contributed by atoms with E-state index in [-0.39, 0.29) is 22.4 Å². The highest BCUT2D eigenvalue weighted by molar-refractivity contribution is 7.89. The predicted octanol–water partition coefficient (Wildman–Crippen LogP) is 2.76. The number of hydrogen-bond acceptors (Lipinski definition) is 4. The van der Waals surface area contributed by atoms with Crippen molar-refractivity contribution >= 4 is 27.5 Å². The first kappa shape index (κ1) is 21.2. The SMILES string of the molecule is COc1ccc(S(=O)(=O)N[C@H](Cc2ccccc2)C(=O)NC(C)C)cc1Cl. The maximum atomic E-state index is 12.8. The molecule has 6 nitrogen and oxygen atoms in total. The molecular weight excluding hydrogens is 388 g/mol. The van der Waals surface area contributed by atoms with Crippen molar-refractivity contribution in [1.29, 1.82) is 0 Å². The van der Waals surface area contributed by atoms with E-state index in [9.17, 15) is 13.2 Å². The predicted molar refractivity (Wildman–Crippen MR) is 106 cm³/mol. The molecule has 2 rings (SSSR count). The molecule has 0 spiro atoms. The molecule has 0 bridgehead atoms. The van der Waals surface area contributed by atoms with Gasteiger partial charge in [-0.25, -0.2) is 8.42 Å². The Morgan fingerprint density at radius 3 is 2.37 bits per heavy atom. The van der Waals surface area contributed by atoms with Gasteiger partial charge in [0.1, 0.15) is 11.8 Å². The van der Waals surface area contributed by atoms with Crippen molar-refractivity contribution in [1.82, 2.24) is 10.0 Å². The van der Waals surface area contributed by atoms with Crippen molar-refractivity contribution in [2.24, 2.45) is 0 Å². The van der Waals surface area contributed by atoms with Gasteiger partial charge < -0.3 is 10.1 Å². The van der Waals surface area contributed by atoms with Gasteiger partial charge in [-0.3, -0.25) is 4.79 Å². The van der Waals surface area contributed by atoms with Crippen molar-refractivity contribution in [3.63, 3.8) is 0 Å². The van der Waals surface area contributed by atoms with Crippen molar-refractivity contribution in [3.8, 4) is 5.75 Å². The summed E-state index contributed by atoms with van der Waals surface area (Å²) in [6.45, 7) is 3.63. The number of methoxy groups -OCH3 is 1. The van der Waals surface area contributed by atoms with E-state index in [1.54, 1.807) is 0 Å². The Morgan fingerprint density at radius 2 is 1.81 bits per heavy atom. The van der Waals surface area contributed by atoms with Gasteiger partial charge in [0.15, 0.2) is 0 Å². The first-order chi connectivity index (χ1) is 12.7. The van der Waals surface area contributed by atoms with Crippen molar-refractivity contribution in [2.45, 2.75) is 37.2 Å². The standard InChI is InChI=1S/C19H23ClN2O4S/c1-13(2)21-19(23)17(11-14-7-5-4-6-8-14)22-27(24,25)15-9-10-18(26-3)16(20)12-15/h4-10,12-13,17,22H,11H2,1-3H3,(H,21,23)/t17-/m1/s1. The molecule has 146 valence electrons. The minimum atomic E-state index is -3.96. The fourth-order valence-corrected chi connectivity index (χ4v) is 4.04. The number of carbonyl (C=O) groups excluding carboxylic acids is 1. The van der Waals surface area contributed by atoms with Gasteiger partial charge in [-0.15, -0.1) is 0 Å². The fourth-order valence-electron chi connectivity index (χ4n) is 2.49. The zero-order chi connectivity index (χ0) is 20.0. The van der Waals surface area contributed by atoms with E-state index in [0.717, 1.165) is 5.56 Å². The summed E-state index contributed by atoms with van der Waals surface area (Å²) in [6, 6.07) is 12.3. The normalized spacial score (nSPS) is 12.6. The maximum Gasteiger partial charge on any atom is 0.241 e. The van der Waals surface area contributed by atoms with Crippen molar-refractivity contribution in [3.05, 3.63) is 59.1 Å². The Morgan fingerprint density at radius 1 is 1.15 bits per heavy atom. The molecule has 0 unspecified atom stereocenters. The Kier molecular flexibility index (Phi) is 7.24. The second-order valence-electron chi connectivity index (χ2n) is 6.32. The first-order valence-electron chi connectivity index (χ1n) is 8.43. The van der Waals surface area contributed by atoms with E-state index in [1.165, 1.54) is 25.3 Å². The Balaban J connectivity index is 2.29. The molecule has 8 heteroatoms. The van der Waals surface area contributed by atoms with Crippen LogP contribution in [0.5, 0.6) is 5.75 Å². The van der Waals surface area contributed by atoms with Crippen LogP contribution in [0.3, 0.4) is 0 Å². The summed E-state index contributed by atoms with van der Waals surface area (Å²) < 4.78 is 33.1. The first-order valence-corrected chi connectivity index (χ1v) is 10.3. The van der Waals surface area contributed by atoms with Crippen LogP contribution in [0.1, 0.15) is 19.4 Å². The Hall–Kier alpha value is -2.09. The Bertz CT molecular complexity index is 886. The quantitative estimate of drug-likeness (QED) is 0.700. The Labute approximate surface area is 164 Å². The van der Waals surface area contributed by atoms with Gasteiger partial charge >= 0.3 is 0 Å². The highest BCUT2D eigenvalue weighted by Gasteiger charge is 2.27.